The second-order valence-corrected chi connectivity index (χ2v) is 5.16. The SMILES string of the molecule is CC(C(=O)O)N1CCN(CCc2cnn(C)c2)CC1. The standard InChI is InChI=1S/C13H22N4O2/c1-11(13(18)19)17-7-5-16(6-8-17)4-3-12-9-14-15(2)10-12/h9-11H,3-8H2,1-2H3,(H,18,19). The molecule has 1 N–H and O–H groups in total. The topological polar surface area (TPSA) is 61.6 Å². The molecule has 1 atom stereocenters. The third-order valence-corrected chi connectivity index (χ3v) is 3.79. The van der Waals surface area contributed by atoms with Gasteiger partial charge >= 0.3 is 5.97 Å². The minimum atomic E-state index is -0.733. The van der Waals surface area contributed by atoms with Crippen molar-refractivity contribution in [2.45, 2.75) is 19.4 Å². The Morgan fingerprint density at radius 3 is 2.63 bits per heavy atom. The fourth-order valence-electron chi connectivity index (χ4n) is 2.42. The lowest BCUT2D eigenvalue weighted by Crippen LogP contribution is -2.51. The van der Waals surface area contributed by atoms with E-state index in [1.54, 1.807) is 6.92 Å². The maximum absolute atomic E-state index is 10.9. The third kappa shape index (κ3) is 3.78. The smallest absolute Gasteiger partial charge is 0.320 e. The highest BCUT2D eigenvalue weighted by molar-refractivity contribution is 5.72. The number of carbonyl (C=O) groups is 1. The molecule has 6 nitrogen and oxygen atoms in total. The molecule has 1 unspecified atom stereocenters. The summed E-state index contributed by atoms with van der Waals surface area (Å²) in [5.74, 6) is -0.733. The van der Waals surface area contributed by atoms with Crippen LogP contribution in [0.1, 0.15) is 12.5 Å². The van der Waals surface area contributed by atoms with E-state index in [9.17, 15) is 4.79 Å². The number of carboxylic acids is 1. The molecule has 0 radical (unpaired) electrons. The minimum Gasteiger partial charge on any atom is -0.480 e. The summed E-state index contributed by atoms with van der Waals surface area (Å²) in [7, 11) is 1.93. The molecule has 1 aliphatic heterocycles. The Kier molecular flexibility index (Phi) is 4.55. The average molecular weight is 266 g/mol. The van der Waals surface area contributed by atoms with E-state index >= 15 is 0 Å². The first kappa shape index (κ1) is 14.0. The molecular weight excluding hydrogens is 244 g/mol. The molecule has 0 aromatic carbocycles. The summed E-state index contributed by atoms with van der Waals surface area (Å²) in [6.07, 6.45) is 4.95. The summed E-state index contributed by atoms with van der Waals surface area (Å²) in [5.41, 5.74) is 1.25. The normalized spacial score (nSPS) is 19.5. The van der Waals surface area contributed by atoms with Gasteiger partial charge in [-0.3, -0.25) is 14.4 Å². The lowest BCUT2D eigenvalue weighted by molar-refractivity contribution is -0.143. The summed E-state index contributed by atoms with van der Waals surface area (Å²) in [4.78, 5) is 15.3. The van der Waals surface area contributed by atoms with Gasteiger partial charge in [-0.25, -0.2) is 0 Å². The average Bonchev–Trinajstić information content (AvgIpc) is 2.82. The molecule has 6 heteroatoms. The molecule has 0 spiro atoms. The molecule has 2 rings (SSSR count). The van der Waals surface area contributed by atoms with Crippen molar-refractivity contribution >= 4 is 5.97 Å². The zero-order valence-corrected chi connectivity index (χ0v) is 11.6. The van der Waals surface area contributed by atoms with Crippen LogP contribution in [-0.2, 0) is 18.3 Å². The molecule has 106 valence electrons. The maximum atomic E-state index is 10.9. The summed E-state index contributed by atoms with van der Waals surface area (Å²) >= 11 is 0. The minimum absolute atomic E-state index is 0.375. The van der Waals surface area contributed by atoms with E-state index in [1.807, 2.05) is 29.0 Å². The van der Waals surface area contributed by atoms with Gasteiger partial charge in [0.2, 0.25) is 0 Å². The quantitative estimate of drug-likeness (QED) is 0.816. The van der Waals surface area contributed by atoms with Crippen LogP contribution in [0.4, 0.5) is 0 Å². The van der Waals surface area contributed by atoms with Crippen LogP contribution in [-0.4, -0.2) is 69.4 Å². The fourth-order valence-corrected chi connectivity index (χ4v) is 2.42. The van der Waals surface area contributed by atoms with Gasteiger partial charge in [0.1, 0.15) is 6.04 Å². The molecule has 1 fully saturated rings. The number of rotatable bonds is 5. The Bertz CT molecular complexity index is 424. The van der Waals surface area contributed by atoms with Crippen molar-refractivity contribution in [1.82, 2.24) is 19.6 Å². The lowest BCUT2D eigenvalue weighted by Gasteiger charge is -2.36. The summed E-state index contributed by atoms with van der Waals surface area (Å²) in [6.45, 7) is 6.32. The van der Waals surface area contributed by atoms with Crippen LogP contribution >= 0.6 is 0 Å². The number of nitrogens with zero attached hydrogens (tertiary/aromatic N) is 4. The van der Waals surface area contributed by atoms with Gasteiger partial charge in [-0.05, 0) is 18.9 Å². The molecule has 2 heterocycles. The first-order valence-electron chi connectivity index (χ1n) is 6.73. The van der Waals surface area contributed by atoms with Gasteiger partial charge in [0.25, 0.3) is 0 Å². The molecule has 0 saturated carbocycles. The molecule has 0 amide bonds. The predicted molar refractivity (Wildman–Crippen MR) is 72.0 cm³/mol. The number of hydrogen-bond acceptors (Lipinski definition) is 4. The van der Waals surface area contributed by atoms with E-state index in [1.165, 1.54) is 5.56 Å². The molecule has 0 bridgehead atoms. The van der Waals surface area contributed by atoms with Crippen molar-refractivity contribution in [2.75, 3.05) is 32.7 Å². The fraction of sp³-hybridized carbons (Fsp3) is 0.692. The number of aliphatic carboxylic acids is 1. The number of aryl methyl sites for hydroxylation is 1. The molecule has 1 aromatic rings. The number of aromatic nitrogens is 2. The first-order chi connectivity index (χ1) is 9.06. The van der Waals surface area contributed by atoms with E-state index in [4.69, 9.17) is 5.11 Å². The van der Waals surface area contributed by atoms with Gasteiger partial charge in [-0.15, -0.1) is 0 Å². The highest BCUT2D eigenvalue weighted by atomic mass is 16.4. The monoisotopic (exact) mass is 266 g/mol. The van der Waals surface area contributed by atoms with Crippen molar-refractivity contribution in [2.24, 2.45) is 7.05 Å². The van der Waals surface area contributed by atoms with Crippen LogP contribution < -0.4 is 0 Å². The van der Waals surface area contributed by atoms with E-state index < -0.39 is 5.97 Å². The van der Waals surface area contributed by atoms with E-state index in [0.717, 1.165) is 39.1 Å². The van der Waals surface area contributed by atoms with Gasteiger partial charge in [0.15, 0.2) is 0 Å². The van der Waals surface area contributed by atoms with Crippen LogP contribution in [0, 0.1) is 0 Å². The van der Waals surface area contributed by atoms with E-state index in [0.29, 0.717) is 0 Å². The van der Waals surface area contributed by atoms with Gasteiger partial charge in [-0.2, -0.15) is 5.10 Å². The Morgan fingerprint density at radius 2 is 2.11 bits per heavy atom. The van der Waals surface area contributed by atoms with Gasteiger partial charge in [0, 0.05) is 46.0 Å². The zero-order valence-electron chi connectivity index (χ0n) is 11.6. The van der Waals surface area contributed by atoms with Crippen LogP contribution in [0.3, 0.4) is 0 Å². The molecule has 0 aliphatic carbocycles. The van der Waals surface area contributed by atoms with Crippen molar-refractivity contribution in [3.63, 3.8) is 0 Å². The number of carboxylic acid groups (broad SMARTS) is 1. The first-order valence-corrected chi connectivity index (χ1v) is 6.73. The van der Waals surface area contributed by atoms with Gasteiger partial charge in [-0.1, -0.05) is 0 Å². The van der Waals surface area contributed by atoms with Crippen LogP contribution in [0.15, 0.2) is 12.4 Å². The van der Waals surface area contributed by atoms with Gasteiger partial charge < -0.3 is 10.0 Å². The molecule has 1 saturated heterocycles. The summed E-state index contributed by atoms with van der Waals surface area (Å²) in [6, 6.07) is -0.375. The molecular formula is C13H22N4O2. The summed E-state index contributed by atoms with van der Waals surface area (Å²) in [5, 5.41) is 13.1. The van der Waals surface area contributed by atoms with Crippen LogP contribution in [0.2, 0.25) is 0 Å². The Balaban J connectivity index is 1.73. The zero-order chi connectivity index (χ0) is 13.8. The van der Waals surface area contributed by atoms with Crippen molar-refractivity contribution in [3.05, 3.63) is 18.0 Å². The van der Waals surface area contributed by atoms with Crippen molar-refractivity contribution in [3.8, 4) is 0 Å². The van der Waals surface area contributed by atoms with Crippen molar-refractivity contribution in [1.29, 1.82) is 0 Å². The highest BCUT2D eigenvalue weighted by Crippen LogP contribution is 2.08. The summed E-state index contributed by atoms with van der Waals surface area (Å²) < 4.78 is 1.82. The van der Waals surface area contributed by atoms with Crippen LogP contribution in [0.5, 0.6) is 0 Å². The second-order valence-electron chi connectivity index (χ2n) is 5.16. The third-order valence-electron chi connectivity index (χ3n) is 3.79. The second kappa shape index (κ2) is 6.16. The molecule has 1 aromatic heterocycles. The van der Waals surface area contributed by atoms with E-state index in [2.05, 4.69) is 10.00 Å². The van der Waals surface area contributed by atoms with E-state index in [-0.39, 0.29) is 6.04 Å². The predicted octanol–water partition coefficient (Wildman–Crippen LogP) is 0.0533. The van der Waals surface area contributed by atoms with Gasteiger partial charge in [0.05, 0.1) is 6.20 Å². The largest absolute Gasteiger partial charge is 0.480 e. The molecule has 1 aliphatic rings. The Labute approximate surface area is 113 Å². The number of piperazine rings is 1. The highest BCUT2D eigenvalue weighted by Gasteiger charge is 2.24. The number of hydrogen-bond donors (Lipinski definition) is 1. The Morgan fingerprint density at radius 1 is 1.42 bits per heavy atom. The van der Waals surface area contributed by atoms with Crippen molar-refractivity contribution < 1.29 is 9.90 Å². The Hall–Kier alpha value is -1.40. The lowest BCUT2D eigenvalue weighted by atomic mass is 10.2. The molecule has 19 heavy (non-hydrogen) atoms. The maximum Gasteiger partial charge on any atom is 0.320 e. The van der Waals surface area contributed by atoms with Crippen LogP contribution in [0.25, 0.3) is 0 Å².